The molecule has 0 fully saturated rings. The summed E-state index contributed by atoms with van der Waals surface area (Å²) in [4.78, 5) is 35.1. The molecular formula is C14H28N4O5S. The van der Waals surface area contributed by atoms with E-state index >= 15 is 0 Å². The van der Waals surface area contributed by atoms with Gasteiger partial charge in [-0.15, -0.1) is 0 Å². The van der Waals surface area contributed by atoms with Crippen molar-refractivity contribution < 1.29 is 24.6 Å². The maximum atomic E-state index is 12.1. The average Bonchev–Trinajstić information content (AvgIpc) is 2.55. The highest BCUT2D eigenvalue weighted by atomic mass is 32.2. The Hall–Kier alpha value is -1.36. The van der Waals surface area contributed by atoms with Crippen LogP contribution in [0.4, 0.5) is 0 Å². The second-order valence-corrected chi connectivity index (χ2v) is 6.30. The highest BCUT2D eigenvalue weighted by Gasteiger charge is 2.27. The number of nitrogens with two attached hydrogens (primary N) is 2. The first-order valence-electron chi connectivity index (χ1n) is 7.76. The predicted octanol–water partition coefficient (Wildman–Crippen LogP) is -1.76. The van der Waals surface area contributed by atoms with Gasteiger partial charge in [-0.2, -0.15) is 11.8 Å². The van der Waals surface area contributed by atoms with E-state index in [1.807, 2.05) is 6.26 Å². The molecule has 3 atom stereocenters. The SMILES string of the molecule is CSCC[C@H](N)C(=O)N[C@@H](CO)C(=O)N[C@@H](CCCCN)C(=O)O. The molecule has 0 bridgehead atoms. The van der Waals surface area contributed by atoms with Gasteiger partial charge in [0.05, 0.1) is 12.6 Å². The number of rotatable bonds is 13. The van der Waals surface area contributed by atoms with Crippen molar-refractivity contribution in [2.75, 3.05) is 25.2 Å². The number of aliphatic hydroxyl groups is 1. The molecule has 24 heavy (non-hydrogen) atoms. The van der Waals surface area contributed by atoms with E-state index in [1.165, 1.54) is 11.8 Å². The maximum absolute atomic E-state index is 12.1. The molecule has 0 aromatic heterocycles. The molecule has 10 heteroatoms. The van der Waals surface area contributed by atoms with Crippen molar-refractivity contribution in [3.63, 3.8) is 0 Å². The topological polar surface area (TPSA) is 168 Å². The van der Waals surface area contributed by atoms with Gasteiger partial charge in [0.1, 0.15) is 12.1 Å². The monoisotopic (exact) mass is 364 g/mol. The number of carbonyl (C=O) groups excluding carboxylic acids is 2. The zero-order chi connectivity index (χ0) is 18.5. The summed E-state index contributed by atoms with van der Waals surface area (Å²) in [6.07, 6.45) is 3.72. The highest BCUT2D eigenvalue weighted by molar-refractivity contribution is 7.98. The molecule has 0 radical (unpaired) electrons. The van der Waals surface area contributed by atoms with Crippen molar-refractivity contribution in [2.45, 2.75) is 43.8 Å². The number of carbonyl (C=O) groups is 3. The van der Waals surface area contributed by atoms with E-state index in [1.54, 1.807) is 0 Å². The number of amides is 2. The molecule has 0 spiro atoms. The number of thioether (sulfide) groups is 1. The van der Waals surface area contributed by atoms with Crippen LogP contribution in [0.5, 0.6) is 0 Å². The van der Waals surface area contributed by atoms with Crippen LogP contribution in [0.25, 0.3) is 0 Å². The Bertz CT molecular complexity index is 411. The minimum absolute atomic E-state index is 0.220. The Balaban J connectivity index is 4.59. The third kappa shape index (κ3) is 9.06. The summed E-state index contributed by atoms with van der Waals surface area (Å²) in [5.74, 6) is -1.82. The second kappa shape index (κ2) is 13.0. The van der Waals surface area contributed by atoms with Crippen LogP contribution in [0.2, 0.25) is 0 Å². The van der Waals surface area contributed by atoms with Crippen LogP contribution in [-0.4, -0.2) is 71.3 Å². The third-order valence-corrected chi connectivity index (χ3v) is 3.99. The number of hydrogen-bond donors (Lipinski definition) is 6. The summed E-state index contributed by atoms with van der Waals surface area (Å²) in [7, 11) is 0. The molecule has 0 rings (SSSR count). The molecule has 0 aliphatic carbocycles. The van der Waals surface area contributed by atoms with Gasteiger partial charge in [0.2, 0.25) is 11.8 Å². The van der Waals surface area contributed by atoms with E-state index in [4.69, 9.17) is 16.6 Å². The van der Waals surface area contributed by atoms with Gasteiger partial charge in [-0.25, -0.2) is 4.79 Å². The lowest BCUT2D eigenvalue weighted by Crippen LogP contribution is -2.55. The molecule has 0 aliphatic rings. The Morgan fingerprint density at radius 2 is 1.71 bits per heavy atom. The summed E-state index contributed by atoms with van der Waals surface area (Å²) in [5.41, 5.74) is 11.0. The number of aliphatic carboxylic acids is 1. The van der Waals surface area contributed by atoms with Gasteiger partial charge in [-0.3, -0.25) is 9.59 Å². The van der Waals surface area contributed by atoms with Crippen LogP contribution in [-0.2, 0) is 14.4 Å². The van der Waals surface area contributed by atoms with Crippen molar-refractivity contribution in [1.82, 2.24) is 10.6 Å². The van der Waals surface area contributed by atoms with Gasteiger partial charge in [-0.05, 0) is 44.2 Å². The summed E-state index contributed by atoms with van der Waals surface area (Å²) in [5, 5.41) is 23.1. The number of aliphatic hydroxyl groups excluding tert-OH is 1. The van der Waals surface area contributed by atoms with Gasteiger partial charge in [0.15, 0.2) is 0 Å². The van der Waals surface area contributed by atoms with Crippen LogP contribution < -0.4 is 22.1 Å². The zero-order valence-electron chi connectivity index (χ0n) is 13.9. The van der Waals surface area contributed by atoms with E-state index in [0.717, 1.165) is 0 Å². The first-order chi connectivity index (χ1) is 11.4. The summed E-state index contributed by atoms with van der Waals surface area (Å²) in [6.45, 7) is -0.217. The van der Waals surface area contributed by atoms with Gasteiger partial charge in [0, 0.05) is 0 Å². The second-order valence-electron chi connectivity index (χ2n) is 5.32. The Morgan fingerprint density at radius 3 is 2.21 bits per heavy atom. The molecular weight excluding hydrogens is 336 g/mol. The first-order valence-corrected chi connectivity index (χ1v) is 9.15. The zero-order valence-corrected chi connectivity index (χ0v) is 14.7. The largest absolute Gasteiger partial charge is 0.480 e. The van der Waals surface area contributed by atoms with E-state index in [0.29, 0.717) is 31.6 Å². The molecule has 9 nitrogen and oxygen atoms in total. The lowest BCUT2D eigenvalue weighted by Gasteiger charge is -2.21. The van der Waals surface area contributed by atoms with Crippen LogP contribution >= 0.6 is 11.8 Å². The number of carboxylic acids is 1. The van der Waals surface area contributed by atoms with Gasteiger partial charge < -0.3 is 32.3 Å². The minimum atomic E-state index is -1.24. The van der Waals surface area contributed by atoms with Crippen molar-refractivity contribution >= 4 is 29.5 Å². The lowest BCUT2D eigenvalue weighted by atomic mass is 10.1. The molecule has 0 aromatic carbocycles. The van der Waals surface area contributed by atoms with Gasteiger partial charge >= 0.3 is 5.97 Å². The standard InChI is InChI=1S/C14H28N4O5S/c1-24-7-5-9(16)12(20)18-11(8-19)13(21)17-10(14(22)23)4-2-3-6-15/h9-11,19H,2-8,15-16H2,1H3,(H,17,21)(H,18,20)(H,22,23)/t9-,10-,11-/m0/s1. The normalized spacial score (nSPS) is 14.5. The molecule has 0 saturated carbocycles. The van der Waals surface area contributed by atoms with E-state index in [2.05, 4.69) is 10.6 Å². The molecule has 0 aliphatic heterocycles. The van der Waals surface area contributed by atoms with Crippen LogP contribution in [0.15, 0.2) is 0 Å². The van der Waals surface area contributed by atoms with Crippen LogP contribution in [0, 0.1) is 0 Å². The average molecular weight is 364 g/mol. The Labute approximate surface area is 145 Å². The quantitative estimate of drug-likeness (QED) is 0.209. The van der Waals surface area contributed by atoms with Crippen molar-refractivity contribution in [3.05, 3.63) is 0 Å². The minimum Gasteiger partial charge on any atom is -0.480 e. The Morgan fingerprint density at radius 1 is 1.08 bits per heavy atom. The highest BCUT2D eigenvalue weighted by Crippen LogP contribution is 2.02. The van der Waals surface area contributed by atoms with E-state index in [-0.39, 0.29) is 6.42 Å². The van der Waals surface area contributed by atoms with Crippen LogP contribution in [0.1, 0.15) is 25.7 Å². The molecule has 140 valence electrons. The molecule has 0 heterocycles. The first kappa shape index (κ1) is 22.6. The van der Waals surface area contributed by atoms with Crippen molar-refractivity contribution in [1.29, 1.82) is 0 Å². The fourth-order valence-corrected chi connectivity index (χ4v) is 2.36. The van der Waals surface area contributed by atoms with E-state index < -0.39 is 42.5 Å². The molecule has 0 aromatic rings. The summed E-state index contributed by atoms with van der Waals surface area (Å²) < 4.78 is 0. The Kier molecular flexibility index (Phi) is 12.3. The maximum Gasteiger partial charge on any atom is 0.326 e. The predicted molar refractivity (Wildman–Crippen MR) is 92.5 cm³/mol. The number of unbranched alkanes of at least 4 members (excludes halogenated alkanes) is 1. The van der Waals surface area contributed by atoms with Gasteiger partial charge in [-0.1, -0.05) is 0 Å². The molecule has 2 amide bonds. The van der Waals surface area contributed by atoms with Crippen molar-refractivity contribution in [3.8, 4) is 0 Å². The fraction of sp³-hybridized carbons (Fsp3) is 0.786. The summed E-state index contributed by atoms with van der Waals surface area (Å²) >= 11 is 1.54. The smallest absolute Gasteiger partial charge is 0.326 e. The molecule has 8 N–H and O–H groups in total. The molecule has 0 unspecified atom stereocenters. The third-order valence-electron chi connectivity index (χ3n) is 3.35. The number of hydrogen-bond acceptors (Lipinski definition) is 7. The summed E-state index contributed by atoms with van der Waals surface area (Å²) in [6, 6.07) is -3.13. The van der Waals surface area contributed by atoms with Crippen molar-refractivity contribution in [2.24, 2.45) is 11.5 Å². The van der Waals surface area contributed by atoms with E-state index in [9.17, 15) is 19.5 Å². The fourth-order valence-electron chi connectivity index (χ4n) is 1.87. The van der Waals surface area contributed by atoms with Gasteiger partial charge in [0.25, 0.3) is 0 Å². The molecule has 0 saturated heterocycles. The number of carboxylic acid groups (broad SMARTS) is 1. The number of nitrogens with one attached hydrogen (secondary N) is 2. The lowest BCUT2D eigenvalue weighted by molar-refractivity contribution is -0.142. The van der Waals surface area contributed by atoms with Crippen LogP contribution in [0.3, 0.4) is 0 Å².